The van der Waals surface area contributed by atoms with Crippen LogP contribution in [0.5, 0.6) is 5.75 Å². The highest BCUT2D eigenvalue weighted by Gasteiger charge is 2.26. The Kier molecular flexibility index (Phi) is 6.44. The van der Waals surface area contributed by atoms with Crippen LogP contribution in [0.2, 0.25) is 10.0 Å². The Hall–Kier alpha value is -2.58. The minimum absolute atomic E-state index is 0.0200. The average Bonchev–Trinajstić information content (AvgIpc) is 3.21. The number of halogens is 2. The molecule has 1 heterocycles. The van der Waals surface area contributed by atoms with Crippen LogP contribution in [0.3, 0.4) is 0 Å². The van der Waals surface area contributed by atoms with Crippen molar-refractivity contribution in [2.24, 2.45) is 0 Å². The van der Waals surface area contributed by atoms with E-state index in [2.05, 4.69) is 4.72 Å². The Balaban J connectivity index is 1.50. The molecule has 1 N–H and O–H groups in total. The molecule has 0 aromatic heterocycles. The van der Waals surface area contributed by atoms with E-state index >= 15 is 0 Å². The highest BCUT2D eigenvalue weighted by molar-refractivity contribution is 7.89. The topological polar surface area (TPSA) is 75.7 Å². The molecule has 0 spiro atoms. The number of anilines is 1. The van der Waals surface area contributed by atoms with Crippen molar-refractivity contribution in [1.29, 1.82) is 0 Å². The van der Waals surface area contributed by atoms with E-state index in [0.29, 0.717) is 28.6 Å². The van der Waals surface area contributed by atoms with Crippen LogP contribution in [0.15, 0.2) is 65.6 Å². The summed E-state index contributed by atoms with van der Waals surface area (Å²) in [5.41, 5.74) is 3.17. The van der Waals surface area contributed by atoms with Gasteiger partial charge in [-0.2, -0.15) is 0 Å². The van der Waals surface area contributed by atoms with E-state index in [0.717, 1.165) is 16.8 Å². The molecule has 0 fully saturated rings. The number of carbonyl (C=O) groups excluding carboxylic acids is 1. The van der Waals surface area contributed by atoms with Gasteiger partial charge in [0, 0.05) is 34.4 Å². The lowest BCUT2D eigenvalue weighted by atomic mass is 10.1. The molecule has 0 radical (unpaired) electrons. The molecular formula is C23H20Cl2N2O4S. The Labute approximate surface area is 196 Å². The summed E-state index contributed by atoms with van der Waals surface area (Å²) in [5.74, 6) is 0.120. The van der Waals surface area contributed by atoms with E-state index in [1.54, 1.807) is 35.2 Å². The molecule has 0 saturated carbocycles. The maximum atomic E-state index is 12.9. The van der Waals surface area contributed by atoms with E-state index in [1.807, 2.05) is 18.2 Å². The second-order valence-corrected chi connectivity index (χ2v) is 9.90. The van der Waals surface area contributed by atoms with Crippen LogP contribution in [0.25, 0.3) is 0 Å². The zero-order valence-electron chi connectivity index (χ0n) is 17.1. The van der Waals surface area contributed by atoms with Gasteiger partial charge in [0.2, 0.25) is 10.0 Å². The second kappa shape index (κ2) is 9.11. The van der Waals surface area contributed by atoms with Crippen molar-refractivity contribution in [2.75, 3.05) is 18.6 Å². The first-order valence-corrected chi connectivity index (χ1v) is 12.0. The van der Waals surface area contributed by atoms with E-state index in [9.17, 15) is 13.2 Å². The molecule has 32 heavy (non-hydrogen) atoms. The molecule has 0 unspecified atom stereocenters. The van der Waals surface area contributed by atoms with Crippen molar-refractivity contribution in [3.05, 3.63) is 87.4 Å². The number of carbonyl (C=O) groups is 1. The Morgan fingerprint density at radius 1 is 1.03 bits per heavy atom. The Morgan fingerprint density at radius 2 is 1.75 bits per heavy atom. The van der Waals surface area contributed by atoms with Gasteiger partial charge in [0.15, 0.2) is 0 Å². The minimum atomic E-state index is -3.84. The maximum absolute atomic E-state index is 12.9. The van der Waals surface area contributed by atoms with Crippen molar-refractivity contribution < 1.29 is 17.9 Å². The van der Waals surface area contributed by atoms with Crippen LogP contribution in [-0.2, 0) is 23.0 Å². The highest BCUT2D eigenvalue weighted by Crippen LogP contribution is 2.31. The fourth-order valence-electron chi connectivity index (χ4n) is 3.64. The Bertz CT molecular complexity index is 1280. The molecule has 6 nitrogen and oxygen atoms in total. The van der Waals surface area contributed by atoms with E-state index in [4.69, 9.17) is 27.9 Å². The number of amides is 1. The molecule has 3 aromatic carbocycles. The molecule has 1 amide bonds. The van der Waals surface area contributed by atoms with Gasteiger partial charge in [0.1, 0.15) is 10.6 Å². The second-order valence-electron chi connectivity index (χ2n) is 7.30. The van der Waals surface area contributed by atoms with Gasteiger partial charge in [0.25, 0.3) is 5.91 Å². The number of nitrogens with one attached hydrogen (secondary N) is 1. The van der Waals surface area contributed by atoms with Crippen molar-refractivity contribution in [2.45, 2.75) is 17.9 Å². The molecule has 9 heteroatoms. The van der Waals surface area contributed by atoms with Crippen LogP contribution in [0, 0.1) is 0 Å². The smallest absolute Gasteiger partial charge is 0.258 e. The fraction of sp³-hybridized carbons (Fsp3) is 0.174. The maximum Gasteiger partial charge on any atom is 0.258 e. The first-order chi connectivity index (χ1) is 15.3. The molecule has 0 aliphatic carbocycles. The van der Waals surface area contributed by atoms with Gasteiger partial charge in [-0.15, -0.1) is 0 Å². The first kappa shape index (κ1) is 22.6. The number of benzene rings is 3. The SMILES string of the molecule is COc1ccc(Cl)cc1S(=O)(=O)NCc1ccc2c(c1)CCN2C(=O)c1ccc(Cl)cc1. The normalized spacial score (nSPS) is 13.2. The van der Waals surface area contributed by atoms with Gasteiger partial charge >= 0.3 is 0 Å². The van der Waals surface area contributed by atoms with E-state index in [-0.39, 0.29) is 23.1 Å². The molecule has 1 aliphatic heterocycles. The number of nitrogens with zero attached hydrogens (tertiary/aromatic N) is 1. The number of fused-ring (bicyclic) bond motifs is 1. The molecule has 0 bridgehead atoms. The summed E-state index contributed by atoms with van der Waals surface area (Å²) in [6, 6.07) is 16.8. The number of sulfonamides is 1. The standard InChI is InChI=1S/C23H20Cl2N2O4S/c1-31-21-9-7-19(25)13-22(21)32(29,30)26-14-15-2-8-20-17(12-15)10-11-27(20)23(28)16-3-5-18(24)6-4-16/h2-9,12-13,26H,10-11,14H2,1H3. The Morgan fingerprint density at radius 3 is 2.47 bits per heavy atom. The van der Waals surface area contributed by atoms with Gasteiger partial charge in [-0.25, -0.2) is 13.1 Å². The molecule has 0 atom stereocenters. The fourth-order valence-corrected chi connectivity index (χ4v) is 5.21. The molecule has 3 aromatic rings. The van der Waals surface area contributed by atoms with Gasteiger partial charge < -0.3 is 9.64 Å². The first-order valence-electron chi connectivity index (χ1n) is 9.81. The lowest BCUT2D eigenvalue weighted by Crippen LogP contribution is -2.28. The number of ether oxygens (including phenoxy) is 1. The van der Waals surface area contributed by atoms with Gasteiger partial charge in [-0.3, -0.25) is 4.79 Å². The molecule has 0 saturated heterocycles. The monoisotopic (exact) mass is 490 g/mol. The lowest BCUT2D eigenvalue weighted by molar-refractivity contribution is 0.0989. The summed E-state index contributed by atoms with van der Waals surface area (Å²) in [4.78, 5) is 14.6. The van der Waals surface area contributed by atoms with Crippen molar-refractivity contribution >= 4 is 44.8 Å². The highest BCUT2D eigenvalue weighted by atomic mass is 35.5. The summed E-state index contributed by atoms with van der Waals surface area (Å²) in [7, 11) is -2.43. The van der Waals surface area contributed by atoms with Crippen molar-refractivity contribution in [1.82, 2.24) is 4.72 Å². The summed E-state index contributed by atoms with van der Waals surface area (Å²) in [5, 5.41) is 0.875. The van der Waals surface area contributed by atoms with Crippen LogP contribution in [0.1, 0.15) is 21.5 Å². The van der Waals surface area contributed by atoms with Gasteiger partial charge in [0.05, 0.1) is 7.11 Å². The number of methoxy groups -OCH3 is 1. The summed E-state index contributed by atoms with van der Waals surface area (Å²) in [6.07, 6.45) is 0.692. The third-order valence-corrected chi connectivity index (χ3v) is 7.17. The summed E-state index contributed by atoms with van der Waals surface area (Å²) >= 11 is 11.9. The average molecular weight is 491 g/mol. The van der Waals surface area contributed by atoms with Crippen LogP contribution < -0.4 is 14.4 Å². The predicted octanol–water partition coefficient (Wildman–Crippen LogP) is 4.68. The minimum Gasteiger partial charge on any atom is -0.495 e. The molecule has 1 aliphatic rings. The van der Waals surface area contributed by atoms with E-state index in [1.165, 1.54) is 19.2 Å². The third-order valence-electron chi connectivity index (χ3n) is 5.26. The van der Waals surface area contributed by atoms with Crippen LogP contribution in [0.4, 0.5) is 5.69 Å². The van der Waals surface area contributed by atoms with Gasteiger partial charge in [-0.05, 0) is 66.1 Å². The summed E-state index contributed by atoms with van der Waals surface area (Å²) in [6.45, 7) is 0.655. The number of rotatable bonds is 6. The predicted molar refractivity (Wildman–Crippen MR) is 125 cm³/mol. The zero-order valence-corrected chi connectivity index (χ0v) is 19.5. The molecule has 4 rings (SSSR count). The quantitative estimate of drug-likeness (QED) is 0.543. The largest absolute Gasteiger partial charge is 0.495 e. The summed E-state index contributed by atoms with van der Waals surface area (Å²) < 4.78 is 33.3. The lowest BCUT2D eigenvalue weighted by Gasteiger charge is -2.18. The zero-order chi connectivity index (χ0) is 22.9. The number of hydrogen-bond donors (Lipinski definition) is 1. The number of hydrogen-bond acceptors (Lipinski definition) is 4. The molecular weight excluding hydrogens is 471 g/mol. The van der Waals surface area contributed by atoms with Crippen molar-refractivity contribution in [3.8, 4) is 5.75 Å². The van der Waals surface area contributed by atoms with Crippen LogP contribution in [-0.4, -0.2) is 28.0 Å². The van der Waals surface area contributed by atoms with Gasteiger partial charge in [-0.1, -0.05) is 35.3 Å². The molecule has 166 valence electrons. The van der Waals surface area contributed by atoms with Crippen LogP contribution >= 0.6 is 23.2 Å². The third kappa shape index (κ3) is 4.61. The van der Waals surface area contributed by atoms with Crippen molar-refractivity contribution in [3.63, 3.8) is 0 Å². The van der Waals surface area contributed by atoms with E-state index < -0.39 is 10.0 Å².